The molecule has 2 aliphatic heterocycles. The molecule has 6 atom stereocenters. The first-order chi connectivity index (χ1) is 9.15. The normalized spacial score (nSPS) is 53.8. The summed E-state index contributed by atoms with van der Waals surface area (Å²) in [5.41, 5.74) is 0. The minimum Gasteiger partial charge on any atom is -0.300 e. The van der Waals surface area contributed by atoms with E-state index in [1.54, 1.807) is 0 Å². The van der Waals surface area contributed by atoms with Gasteiger partial charge >= 0.3 is 0 Å². The molecule has 2 saturated heterocycles. The summed E-state index contributed by atoms with van der Waals surface area (Å²) in [5.74, 6) is 4.23. The summed E-state index contributed by atoms with van der Waals surface area (Å²) < 4.78 is 0. The van der Waals surface area contributed by atoms with Gasteiger partial charge in [-0.15, -0.1) is 0 Å². The highest BCUT2D eigenvalue weighted by atomic mass is 16.1. The van der Waals surface area contributed by atoms with Crippen LogP contribution in [0.1, 0.15) is 58.8 Å². The van der Waals surface area contributed by atoms with Crippen LogP contribution in [0, 0.1) is 23.7 Å². The highest BCUT2D eigenvalue weighted by Gasteiger charge is 2.56. The van der Waals surface area contributed by atoms with Crippen LogP contribution in [0.3, 0.4) is 0 Å². The summed E-state index contributed by atoms with van der Waals surface area (Å²) in [6.07, 6.45) is 8.53. The Bertz CT molecular complexity index is 363. The van der Waals surface area contributed by atoms with Crippen LogP contribution in [0.4, 0.5) is 0 Å². The number of hydrogen-bond acceptors (Lipinski definition) is 2. The van der Waals surface area contributed by atoms with Gasteiger partial charge in [-0.3, -0.25) is 9.69 Å². The third-order valence-electron chi connectivity index (χ3n) is 6.82. The van der Waals surface area contributed by atoms with Crippen LogP contribution in [0.2, 0.25) is 0 Å². The average Bonchev–Trinajstić information content (AvgIpc) is 2.28. The summed E-state index contributed by atoms with van der Waals surface area (Å²) >= 11 is 0. The van der Waals surface area contributed by atoms with Crippen molar-refractivity contribution in [2.45, 2.75) is 76.9 Å². The molecular weight excluding hydrogens is 234 g/mol. The zero-order chi connectivity index (χ0) is 13.1. The number of piperidine rings is 2. The lowest BCUT2D eigenvalue weighted by Crippen LogP contribution is -2.68. The SMILES string of the molecule is CC1CC(C)C2CC1C2N1C2CCCC1CC(=O)C2. The minimum absolute atomic E-state index is 0.538. The number of carbonyl (C=O) groups excluding carboxylic acids is 1. The Balaban J connectivity index is 1.60. The van der Waals surface area contributed by atoms with Gasteiger partial charge in [0.2, 0.25) is 0 Å². The summed E-state index contributed by atoms with van der Waals surface area (Å²) in [7, 11) is 0. The molecule has 0 spiro atoms. The molecule has 0 aromatic carbocycles. The van der Waals surface area contributed by atoms with Crippen molar-refractivity contribution in [2.75, 3.05) is 0 Å². The van der Waals surface area contributed by atoms with E-state index in [-0.39, 0.29) is 0 Å². The van der Waals surface area contributed by atoms with Crippen molar-refractivity contribution in [3.63, 3.8) is 0 Å². The summed E-state index contributed by atoms with van der Waals surface area (Å²) in [4.78, 5) is 14.8. The van der Waals surface area contributed by atoms with E-state index in [0.29, 0.717) is 17.9 Å². The van der Waals surface area contributed by atoms with Gasteiger partial charge < -0.3 is 0 Å². The van der Waals surface area contributed by atoms with Gasteiger partial charge in [-0.2, -0.15) is 0 Å². The van der Waals surface area contributed by atoms with Gasteiger partial charge in [0.1, 0.15) is 5.78 Å². The molecule has 106 valence electrons. The molecule has 0 radical (unpaired) electrons. The number of ketones is 1. The van der Waals surface area contributed by atoms with Gasteiger partial charge in [-0.25, -0.2) is 0 Å². The molecule has 6 unspecified atom stereocenters. The summed E-state index contributed by atoms with van der Waals surface area (Å²) in [5, 5.41) is 0. The Kier molecular flexibility index (Phi) is 2.81. The third-order valence-corrected chi connectivity index (χ3v) is 6.82. The van der Waals surface area contributed by atoms with E-state index >= 15 is 0 Å². The second kappa shape index (κ2) is 4.31. The monoisotopic (exact) mass is 261 g/mol. The van der Waals surface area contributed by atoms with Gasteiger partial charge in [-0.05, 0) is 49.4 Å². The van der Waals surface area contributed by atoms with Crippen LogP contribution >= 0.6 is 0 Å². The van der Waals surface area contributed by atoms with E-state index in [1.807, 2.05) is 0 Å². The van der Waals surface area contributed by atoms with E-state index in [0.717, 1.165) is 42.6 Å². The highest BCUT2D eigenvalue weighted by Crippen LogP contribution is 2.56. The van der Waals surface area contributed by atoms with Gasteiger partial charge in [-0.1, -0.05) is 20.3 Å². The van der Waals surface area contributed by atoms with Crippen LogP contribution < -0.4 is 0 Å². The Morgan fingerprint density at radius 3 is 2.05 bits per heavy atom. The van der Waals surface area contributed by atoms with E-state index in [2.05, 4.69) is 18.7 Å². The third kappa shape index (κ3) is 1.75. The maximum absolute atomic E-state index is 11.9. The van der Waals surface area contributed by atoms with E-state index in [4.69, 9.17) is 0 Å². The molecule has 5 fully saturated rings. The van der Waals surface area contributed by atoms with Crippen molar-refractivity contribution in [1.82, 2.24) is 4.90 Å². The minimum atomic E-state index is 0.538. The largest absolute Gasteiger partial charge is 0.300 e. The van der Waals surface area contributed by atoms with E-state index < -0.39 is 0 Å². The highest BCUT2D eigenvalue weighted by molar-refractivity contribution is 5.80. The fourth-order valence-corrected chi connectivity index (χ4v) is 5.93. The molecule has 0 aromatic rings. The first kappa shape index (κ1) is 12.4. The van der Waals surface area contributed by atoms with Crippen molar-refractivity contribution in [3.05, 3.63) is 0 Å². The molecule has 19 heavy (non-hydrogen) atoms. The molecule has 3 aliphatic carbocycles. The average molecular weight is 261 g/mol. The number of carbonyl (C=O) groups is 1. The summed E-state index contributed by atoms with van der Waals surface area (Å²) in [6.45, 7) is 4.93. The topological polar surface area (TPSA) is 20.3 Å². The predicted molar refractivity (Wildman–Crippen MR) is 75.8 cm³/mol. The van der Waals surface area contributed by atoms with Crippen molar-refractivity contribution >= 4 is 5.78 Å². The quantitative estimate of drug-likeness (QED) is 0.722. The molecule has 2 nitrogen and oxygen atoms in total. The number of nitrogens with zero attached hydrogens (tertiary/aromatic N) is 1. The van der Waals surface area contributed by atoms with Crippen molar-refractivity contribution in [1.29, 1.82) is 0 Å². The maximum atomic E-state index is 11.9. The molecule has 5 aliphatic rings. The summed E-state index contributed by atoms with van der Waals surface area (Å²) in [6, 6.07) is 2.04. The smallest absolute Gasteiger partial charge is 0.136 e. The molecule has 5 rings (SSSR count). The molecule has 2 heterocycles. The van der Waals surface area contributed by atoms with Gasteiger partial charge in [0.05, 0.1) is 0 Å². The lowest BCUT2D eigenvalue weighted by atomic mass is 9.51. The molecule has 3 saturated carbocycles. The fourth-order valence-electron chi connectivity index (χ4n) is 5.93. The molecule has 4 bridgehead atoms. The van der Waals surface area contributed by atoms with E-state index in [1.165, 1.54) is 32.1 Å². The van der Waals surface area contributed by atoms with Gasteiger partial charge in [0.25, 0.3) is 0 Å². The van der Waals surface area contributed by atoms with Gasteiger partial charge in [0, 0.05) is 31.0 Å². The molecule has 2 heteroatoms. The molecule has 0 aromatic heterocycles. The number of rotatable bonds is 1. The Hall–Kier alpha value is -0.370. The second-order valence-electron chi connectivity index (χ2n) is 7.88. The predicted octanol–water partition coefficient (Wildman–Crippen LogP) is 3.25. The molecular formula is C17H27NO. The molecule has 0 N–H and O–H groups in total. The Labute approximate surface area is 116 Å². The number of Topliss-reactive ketones (excluding diaryl/α,β-unsaturated/α-hetero) is 1. The zero-order valence-corrected chi connectivity index (χ0v) is 12.3. The fraction of sp³-hybridized carbons (Fsp3) is 0.941. The maximum Gasteiger partial charge on any atom is 0.136 e. The van der Waals surface area contributed by atoms with Crippen LogP contribution in [0.15, 0.2) is 0 Å². The second-order valence-corrected chi connectivity index (χ2v) is 7.88. The zero-order valence-electron chi connectivity index (χ0n) is 12.3. The van der Waals surface area contributed by atoms with Crippen molar-refractivity contribution in [3.8, 4) is 0 Å². The van der Waals surface area contributed by atoms with Gasteiger partial charge in [0.15, 0.2) is 0 Å². The first-order valence-corrected chi connectivity index (χ1v) is 8.44. The van der Waals surface area contributed by atoms with Crippen LogP contribution in [0.5, 0.6) is 0 Å². The Morgan fingerprint density at radius 2 is 1.53 bits per heavy atom. The lowest BCUT2D eigenvalue weighted by Gasteiger charge is -2.64. The van der Waals surface area contributed by atoms with Crippen LogP contribution in [-0.2, 0) is 4.79 Å². The Morgan fingerprint density at radius 1 is 0.947 bits per heavy atom. The van der Waals surface area contributed by atoms with Crippen LogP contribution in [-0.4, -0.2) is 28.8 Å². The van der Waals surface area contributed by atoms with Crippen molar-refractivity contribution in [2.24, 2.45) is 23.7 Å². The lowest BCUT2D eigenvalue weighted by molar-refractivity contribution is -0.157. The standard InChI is InChI=1S/C17H27NO/c1-10-6-11(2)16-9-15(10)17(16)18-12-4-3-5-13(18)8-14(19)7-12/h10-13,15-17H,3-9H2,1-2H3. The molecule has 0 amide bonds. The van der Waals surface area contributed by atoms with E-state index in [9.17, 15) is 4.79 Å². The first-order valence-electron chi connectivity index (χ1n) is 8.44. The van der Waals surface area contributed by atoms with Crippen molar-refractivity contribution < 1.29 is 4.79 Å². The number of fused-ring (bicyclic) bond motifs is 5. The number of hydrogen-bond donors (Lipinski definition) is 0. The van der Waals surface area contributed by atoms with Crippen LogP contribution in [0.25, 0.3) is 0 Å².